The van der Waals surface area contributed by atoms with Crippen LogP contribution in [0.25, 0.3) is 0 Å². The molecule has 0 radical (unpaired) electrons. The third-order valence-corrected chi connectivity index (χ3v) is 2.27. The Kier molecular flexibility index (Phi) is 4.00. The van der Waals surface area contributed by atoms with Gasteiger partial charge in [-0.15, -0.1) is 0 Å². The minimum Gasteiger partial charge on any atom is -0.394 e. The molecule has 1 saturated heterocycles. The van der Waals surface area contributed by atoms with Crippen LogP contribution in [0.15, 0.2) is 0 Å². The molecule has 1 aliphatic rings. The summed E-state index contributed by atoms with van der Waals surface area (Å²) in [5.74, 6) is -0.462. The molecule has 0 aromatic heterocycles. The van der Waals surface area contributed by atoms with Crippen LogP contribution in [0.2, 0.25) is 0 Å². The Labute approximate surface area is 86.3 Å². The van der Waals surface area contributed by atoms with Crippen molar-refractivity contribution < 1.29 is 30.0 Å². The van der Waals surface area contributed by atoms with Crippen molar-refractivity contribution in [2.45, 2.75) is 37.6 Å². The smallest absolute Gasteiger partial charge is 0.217 e. The molecule has 5 atom stereocenters. The maximum absolute atomic E-state index is 10.7. The van der Waals surface area contributed by atoms with Gasteiger partial charge in [-0.05, 0) is 0 Å². The summed E-state index contributed by atoms with van der Waals surface area (Å²) >= 11 is 0. The molecule has 15 heavy (non-hydrogen) atoms. The zero-order valence-corrected chi connectivity index (χ0v) is 8.20. The molecule has 0 aromatic rings. The van der Waals surface area contributed by atoms with Gasteiger partial charge in [0.1, 0.15) is 24.4 Å². The Bertz CT molecular complexity index is 235. The molecule has 7 heteroatoms. The van der Waals surface area contributed by atoms with Crippen LogP contribution in [0.4, 0.5) is 0 Å². The minimum absolute atomic E-state index is 0.462. The number of carbonyl (C=O) groups is 1. The predicted octanol–water partition coefficient (Wildman–Crippen LogP) is -3.08. The summed E-state index contributed by atoms with van der Waals surface area (Å²) in [6.45, 7) is 0.687. The number of nitrogens with one attached hydrogen (secondary N) is 1. The lowest BCUT2D eigenvalue weighted by Crippen LogP contribution is -2.63. The van der Waals surface area contributed by atoms with Crippen molar-refractivity contribution in [3.05, 3.63) is 0 Å². The number of aliphatic hydroxyl groups is 4. The molecule has 5 N–H and O–H groups in total. The highest BCUT2D eigenvalue weighted by Gasteiger charge is 2.43. The topological polar surface area (TPSA) is 119 Å². The van der Waals surface area contributed by atoms with Crippen molar-refractivity contribution in [1.82, 2.24) is 5.32 Å². The van der Waals surface area contributed by atoms with Crippen LogP contribution in [0.5, 0.6) is 0 Å². The van der Waals surface area contributed by atoms with Crippen molar-refractivity contribution in [3.63, 3.8) is 0 Å². The van der Waals surface area contributed by atoms with E-state index in [2.05, 4.69) is 5.32 Å². The van der Waals surface area contributed by atoms with Gasteiger partial charge in [0.25, 0.3) is 0 Å². The zero-order valence-electron chi connectivity index (χ0n) is 8.20. The standard InChI is InChI=1S/C8H15NO6/c1-3(11)9-5-7(13)6(12)4(2-10)15-8(5)14/h4-8,10,12-14H,2H2,1H3,(H,9,11)/t4-,5-,6+,7-,8-/m1/s1. The predicted molar refractivity (Wildman–Crippen MR) is 47.6 cm³/mol. The van der Waals surface area contributed by atoms with Crippen molar-refractivity contribution in [3.8, 4) is 0 Å². The molecule has 1 heterocycles. The Balaban J connectivity index is 2.70. The molecule has 0 aromatic carbocycles. The normalized spacial score (nSPS) is 41.3. The highest BCUT2D eigenvalue weighted by molar-refractivity contribution is 5.73. The monoisotopic (exact) mass is 221 g/mol. The molecule has 1 amide bonds. The van der Waals surface area contributed by atoms with Gasteiger partial charge in [-0.2, -0.15) is 0 Å². The maximum Gasteiger partial charge on any atom is 0.217 e. The summed E-state index contributed by atoms with van der Waals surface area (Å²) in [6, 6.07) is -1.10. The summed E-state index contributed by atoms with van der Waals surface area (Å²) in [4.78, 5) is 10.7. The second-order valence-corrected chi connectivity index (χ2v) is 3.46. The summed E-state index contributed by atoms with van der Waals surface area (Å²) in [7, 11) is 0. The van der Waals surface area contributed by atoms with Crippen LogP contribution in [0.1, 0.15) is 6.92 Å². The van der Waals surface area contributed by atoms with E-state index in [4.69, 9.17) is 9.84 Å². The number of amides is 1. The van der Waals surface area contributed by atoms with Gasteiger partial charge in [-0.3, -0.25) is 4.79 Å². The first-order valence-corrected chi connectivity index (χ1v) is 4.55. The van der Waals surface area contributed by atoms with Crippen molar-refractivity contribution in [2.75, 3.05) is 6.61 Å². The summed E-state index contributed by atoms with van der Waals surface area (Å²) in [5.41, 5.74) is 0. The molecule has 88 valence electrons. The second-order valence-electron chi connectivity index (χ2n) is 3.46. The van der Waals surface area contributed by atoms with E-state index in [1.807, 2.05) is 0 Å². The fourth-order valence-electron chi connectivity index (χ4n) is 1.49. The molecule has 0 spiro atoms. The van der Waals surface area contributed by atoms with Gasteiger partial charge in [-0.1, -0.05) is 0 Å². The third kappa shape index (κ3) is 2.64. The molecule has 1 fully saturated rings. The quantitative estimate of drug-likeness (QED) is 0.337. The van der Waals surface area contributed by atoms with E-state index in [0.29, 0.717) is 0 Å². The number of rotatable bonds is 2. The summed E-state index contributed by atoms with van der Waals surface area (Å²) in [6.07, 6.45) is -5.24. The van der Waals surface area contributed by atoms with E-state index in [-0.39, 0.29) is 0 Å². The Hall–Kier alpha value is -0.730. The van der Waals surface area contributed by atoms with Gasteiger partial charge in [0.2, 0.25) is 5.91 Å². The molecule has 1 aliphatic heterocycles. The van der Waals surface area contributed by atoms with Crippen LogP contribution in [-0.4, -0.2) is 63.6 Å². The van der Waals surface area contributed by atoms with E-state index >= 15 is 0 Å². The summed E-state index contributed by atoms with van der Waals surface area (Å²) < 4.78 is 4.81. The Morgan fingerprint density at radius 2 is 1.93 bits per heavy atom. The third-order valence-electron chi connectivity index (χ3n) is 2.27. The minimum atomic E-state index is -1.45. The average molecular weight is 221 g/mol. The first-order chi connectivity index (χ1) is 6.97. The van der Waals surface area contributed by atoms with Gasteiger partial charge in [-0.25, -0.2) is 0 Å². The largest absolute Gasteiger partial charge is 0.394 e. The van der Waals surface area contributed by atoms with E-state index in [1.165, 1.54) is 6.92 Å². The first-order valence-electron chi connectivity index (χ1n) is 4.55. The lowest BCUT2D eigenvalue weighted by atomic mass is 9.97. The molecule has 0 bridgehead atoms. The first kappa shape index (κ1) is 12.3. The van der Waals surface area contributed by atoms with E-state index in [0.717, 1.165) is 0 Å². The molecular weight excluding hydrogens is 206 g/mol. The van der Waals surface area contributed by atoms with E-state index in [9.17, 15) is 20.1 Å². The number of aliphatic hydroxyl groups excluding tert-OH is 4. The lowest BCUT2D eigenvalue weighted by Gasteiger charge is -2.40. The molecular formula is C8H15NO6. The number of ether oxygens (including phenoxy) is 1. The number of hydrogen-bond acceptors (Lipinski definition) is 6. The second kappa shape index (κ2) is 4.86. The molecule has 1 rings (SSSR count). The van der Waals surface area contributed by atoms with Crippen LogP contribution in [0, 0.1) is 0 Å². The lowest BCUT2D eigenvalue weighted by molar-refractivity contribution is -0.253. The fraction of sp³-hybridized carbons (Fsp3) is 0.875. The molecule has 0 saturated carbocycles. The van der Waals surface area contributed by atoms with Gasteiger partial charge in [0.15, 0.2) is 6.29 Å². The Morgan fingerprint density at radius 1 is 1.33 bits per heavy atom. The van der Waals surface area contributed by atoms with Crippen molar-refractivity contribution in [1.29, 1.82) is 0 Å². The van der Waals surface area contributed by atoms with Crippen LogP contribution in [-0.2, 0) is 9.53 Å². The Morgan fingerprint density at radius 3 is 2.40 bits per heavy atom. The van der Waals surface area contributed by atoms with Gasteiger partial charge in [0.05, 0.1) is 6.61 Å². The van der Waals surface area contributed by atoms with Crippen molar-refractivity contribution >= 4 is 5.91 Å². The number of hydrogen-bond donors (Lipinski definition) is 5. The van der Waals surface area contributed by atoms with E-state index < -0.39 is 43.2 Å². The van der Waals surface area contributed by atoms with E-state index in [1.54, 1.807) is 0 Å². The zero-order chi connectivity index (χ0) is 11.6. The highest BCUT2D eigenvalue weighted by atomic mass is 16.6. The van der Waals surface area contributed by atoms with Gasteiger partial charge < -0.3 is 30.5 Å². The van der Waals surface area contributed by atoms with Gasteiger partial charge in [0, 0.05) is 6.92 Å². The van der Waals surface area contributed by atoms with Crippen LogP contribution in [0.3, 0.4) is 0 Å². The number of carbonyl (C=O) groups excluding carboxylic acids is 1. The average Bonchev–Trinajstić information content (AvgIpc) is 2.18. The molecule has 7 nitrogen and oxygen atoms in total. The molecule has 0 unspecified atom stereocenters. The summed E-state index contributed by atoms with van der Waals surface area (Å²) in [5, 5.41) is 39.4. The van der Waals surface area contributed by atoms with Crippen molar-refractivity contribution in [2.24, 2.45) is 0 Å². The fourth-order valence-corrected chi connectivity index (χ4v) is 1.49. The SMILES string of the molecule is CC(=O)N[C@@H]1[C@@H](O)[C@@H](O)[C@@H](CO)O[C@H]1O. The highest BCUT2D eigenvalue weighted by Crippen LogP contribution is 2.19. The van der Waals surface area contributed by atoms with Crippen LogP contribution >= 0.6 is 0 Å². The maximum atomic E-state index is 10.7. The van der Waals surface area contributed by atoms with Gasteiger partial charge >= 0.3 is 0 Å². The molecule has 0 aliphatic carbocycles. The van der Waals surface area contributed by atoms with Crippen LogP contribution < -0.4 is 5.32 Å².